The van der Waals surface area contributed by atoms with E-state index in [2.05, 4.69) is 43.5 Å². The zero-order valence-corrected chi connectivity index (χ0v) is 33.5. The van der Waals surface area contributed by atoms with Crippen molar-refractivity contribution >= 4 is 5.91 Å². The number of nitrogens with one attached hydrogen (secondary N) is 1. The molecule has 0 heterocycles. The number of aliphatic hydroxyl groups excluding tert-OH is 3. The lowest BCUT2D eigenvalue weighted by Crippen LogP contribution is -2.49. The third-order valence-electron chi connectivity index (χ3n) is 10.4. The number of carbonyl (C=O) groups is 1. The second kappa shape index (κ2) is 40.6. The average Bonchev–Trinajstić information content (AvgIpc) is 3.12. The molecule has 50 heavy (non-hydrogen) atoms. The van der Waals surface area contributed by atoms with E-state index in [9.17, 15) is 20.1 Å². The number of aliphatic hydroxyl groups is 3. The van der Waals surface area contributed by atoms with Crippen molar-refractivity contribution in [3.8, 4) is 0 Å². The van der Waals surface area contributed by atoms with E-state index in [4.69, 9.17) is 0 Å². The topological polar surface area (TPSA) is 89.8 Å². The molecule has 0 rings (SSSR count). The highest BCUT2D eigenvalue weighted by Crippen LogP contribution is 2.16. The second-order valence-electron chi connectivity index (χ2n) is 15.3. The molecule has 5 heteroatoms. The van der Waals surface area contributed by atoms with Crippen LogP contribution in [0.3, 0.4) is 0 Å². The molecule has 0 aliphatic rings. The monoisotopic (exact) mass is 706 g/mol. The van der Waals surface area contributed by atoms with Gasteiger partial charge in [0.15, 0.2) is 0 Å². The van der Waals surface area contributed by atoms with Gasteiger partial charge in [0.25, 0.3) is 0 Å². The van der Waals surface area contributed by atoms with E-state index >= 15 is 0 Å². The maximum Gasteiger partial charge on any atom is 0.249 e. The van der Waals surface area contributed by atoms with E-state index in [0.29, 0.717) is 12.8 Å². The first-order valence-electron chi connectivity index (χ1n) is 22.2. The van der Waals surface area contributed by atoms with Crippen molar-refractivity contribution in [3.05, 3.63) is 24.3 Å². The summed E-state index contributed by atoms with van der Waals surface area (Å²) >= 11 is 0. The van der Waals surface area contributed by atoms with Crippen molar-refractivity contribution in [1.82, 2.24) is 5.32 Å². The van der Waals surface area contributed by atoms with Crippen LogP contribution >= 0.6 is 0 Å². The lowest BCUT2D eigenvalue weighted by atomic mass is 10.0. The van der Waals surface area contributed by atoms with Crippen LogP contribution in [0, 0.1) is 0 Å². The SMILES string of the molecule is CCCCC/C=C\C=C/CCCCCCCC(O)C(=O)NC(CO)C(O)CCCCCCCCCCCCCCCCCCCCCCCC. The molecular formula is C45H87NO4. The fourth-order valence-corrected chi connectivity index (χ4v) is 6.83. The predicted octanol–water partition coefficient (Wildman–Crippen LogP) is 12.6. The van der Waals surface area contributed by atoms with Crippen molar-refractivity contribution in [2.45, 2.75) is 250 Å². The van der Waals surface area contributed by atoms with Crippen molar-refractivity contribution in [2.75, 3.05) is 6.61 Å². The molecule has 0 saturated carbocycles. The molecule has 0 fully saturated rings. The molecule has 0 aromatic heterocycles. The van der Waals surface area contributed by atoms with Crippen LogP contribution in [0.4, 0.5) is 0 Å². The molecule has 0 radical (unpaired) electrons. The first kappa shape index (κ1) is 48.8. The lowest BCUT2D eigenvalue weighted by Gasteiger charge is -2.23. The maximum absolute atomic E-state index is 12.5. The third-order valence-corrected chi connectivity index (χ3v) is 10.4. The summed E-state index contributed by atoms with van der Waals surface area (Å²) < 4.78 is 0. The van der Waals surface area contributed by atoms with E-state index in [1.54, 1.807) is 0 Å². The van der Waals surface area contributed by atoms with E-state index in [1.807, 2.05) is 0 Å². The quantitative estimate of drug-likeness (QED) is 0.0377. The molecule has 4 N–H and O–H groups in total. The number of hydrogen-bond acceptors (Lipinski definition) is 4. The zero-order chi connectivity index (χ0) is 36.6. The fourth-order valence-electron chi connectivity index (χ4n) is 6.83. The van der Waals surface area contributed by atoms with Crippen LogP contribution in [-0.2, 0) is 4.79 Å². The van der Waals surface area contributed by atoms with Crippen molar-refractivity contribution in [1.29, 1.82) is 0 Å². The number of amides is 1. The second-order valence-corrected chi connectivity index (χ2v) is 15.3. The van der Waals surface area contributed by atoms with Gasteiger partial charge in [0.1, 0.15) is 6.10 Å². The van der Waals surface area contributed by atoms with Crippen LogP contribution in [-0.4, -0.2) is 46.1 Å². The predicted molar refractivity (Wildman–Crippen MR) is 218 cm³/mol. The van der Waals surface area contributed by atoms with Gasteiger partial charge in [-0.15, -0.1) is 0 Å². The molecule has 0 aromatic rings. The van der Waals surface area contributed by atoms with Gasteiger partial charge in [0.2, 0.25) is 5.91 Å². The summed E-state index contributed by atoms with van der Waals surface area (Å²) in [4.78, 5) is 12.5. The molecule has 0 saturated heterocycles. The fraction of sp³-hybridized carbons (Fsp3) is 0.889. The van der Waals surface area contributed by atoms with Gasteiger partial charge in [-0.2, -0.15) is 0 Å². The van der Waals surface area contributed by atoms with Gasteiger partial charge in [-0.25, -0.2) is 0 Å². The van der Waals surface area contributed by atoms with Crippen LogP contribution in [0.5, 0.6) is 0 Å². The summed E-state index contributed by atoms with van der Waals surface area (Å²) in [6.07, 6.45) is 48.9. The highest BCUT2D eigenvalue weighted by atomic mass is 16.3. The Hall–Kier alpha value is -1.17. The third kappa shape index (κ3) is 35.2. The Kier molecular flexibility index (Phi) is 39.6. The summed E-state index contributed by atoms with van der Waals surface area (Å²) in [5, 5.41) is 33.3. The molecule has 5 nitrogen and oxygen atoms in total. The minimum absolute atomic E-state index is 0.317. The first-order valence-corrected chi connectivity index (χ1v) is 22.2. The van der Waals surface area contributed by atoms with E-state index in [-0.39, 0.29) is 6.61 Å². The molecule has 0 aliphatic heterocycles. The summed E-state index contributed by atoms with van der Waals surface area (Å²) in [5.41, 5.74) is 0. The molecule has 0 aliphatic carbocycles. The van der Waals surface area contributed by atoms with Gasteiger partial charge in [0, 0.05) is 0 Å². The Morgan fingerprint density at radius 1 is 0.480 bits per heavy atom. The minimum Gasteiger partial charge on any atom is -0.394 e. The van der Waals surface area contributed by atoms with E-state index in [1.165, 1.54) is 161 Å². The van der Waals surface area contributed by atoms with Gasteiger partial charge >= 0.3 is 0 Å². The normalized spacial score (nSPS) is 13.8. The summed E-state index contributed by atoms with van der Waals surface area (Å²) in [6.45, 7) is 4.20. The van der Waals surface area contributed by atoms with Crippen LogP contribution in [0.2, 0.25) is 0 Å². The molecule has 3 atom stereocenters. The van der Waals surface area contributed by atoms with Gasteiger partial charge in [-0.1, -0.05) is 218 Å². The Morgan fingerprint density at radius 2 is 0.800 bits per heavy atom. The Labute approximate surface area is 312 Å². The lowest BCUT2D eigenvalue weighted by molar-refractivity contribution is -0.131. The van der Waals surface area contributed by atoms with Crippen molar-refractivity contribution in [2.24, 2.45) is 0 Å². The average molecular weight is 706 g/mol. The Bertz CT molecular complexity index is 739. The van der Waals surface area contributed by atoms with Gasteiger partial charge in [0.05, 0.1) is 18.8 Å². The van der Waals surface area contributed by atoms with Crippen LogP contribution < -0.4 is 5.32 Å². The zero-order valence-electron chi connectivity index (χ0n) is 33.5. The van der Waals surface area contributed by atoms with Gasteiger partial charge < -0.3 is 20.6 Å². The molecule has 0 spiro atoms. The Morgan fingerprint density at radius 3 is 1.20 bits per heavy atom. The standard InChI is InChI=1S/C45H87NO4/c1-3-5-7-9-11-13-15-17-19-20-21-22-23-24-25-26-28-29-31-33-35-37-39-43(48)42(41-47)46-45(50)44(49)40-38-36-34-32-30-27-18-16-14-12-10-8-6-4-2/h12,14,16,18,42-44,47-49H,3-11,13,15,17,19-41H2,1-2H3,(H,46,50)/b14-12-,18-16-. The van der Waals surface area contributed by atoms with Crippen molar-refractivity contribution in [3.63, 3.8) is 0 Å². The van der Waals surface area contributed by atoms with E-state index < -0.39 is 24.2 Å². The first-order chi connectivity index (χ1) is 24.6. The number of unbranched alkanes of at least 4 members (excludes halogenated alkanes) is 29. The maximum atomic E-state index is 12.5. The number of hydrogen-bond donors (Lipinski definition) is 4. The highest BCUT2D eigenvalue weighted by molar-refractivity contribution is 5.80. The van der Waals surface area contributed by atoms with E-state index in [0.717, 1.165) is 44.9 Å². The molecule has 296 valence electrons. The van der Waals surface area contributed by atoms with Crippen molar-refractivity contribution < 1.29 is 20.1 Å². The summed E-state index contributed by atoms with van der Waals surface area (Å²) in [7, 11) is 0. The molecular weight excluding hydrogens is 618 g/mol. The van der Waals surface area contributed by atoms with Crippen LogP contribution in [0.1, 0.15) is 232 Å². The number of rotatable bonds is 40. The summed E-state index contributed by atoms with van der Waals surface area (Å²) in [6, 6.07) is -0.716. The largest absolute Gasteiger partial charge is 0.394 e. The molecule has 0 aromatic carbocycles. The number of carbonyl (C=O) groups excluding carboxylic acids is 1. The molecule has 3 unspecified atom stereocenters. The molecule has 0 bridgehead atoms. The van der Waals surface area contributed by atoms with Crippen LogP contribution in [0.25, 0.3) is 0 Å². The number of allylic oxidation sites excluding steroid dienone is 4. The smallest absolute Gasteiger partial charge is 0.249 e. The highest BCUT2D eigenvalue weighted by Gasteiger charge is 2.23. The van der Waals surface area contributed by atoms with Gasteiger partial charge in [-0.3, -0.25) is 4.79 Å². The van der Waals surface area contributed by atoms with Gasteiger partial charge in [-0.05, 0) is 38.5 Å². The summed E-state index contributed by atoms with van der Waals surface area (Å²) in [5.74, 6) is -0.481. The minimum atomic E-state index is -1.09. The Balaban J connectivity index is 3.60. The molecule has 1 amide bonds. The van der Waals surface area contributed by atoms with Crippen LogP contribution in [0.15, 0.2) is 24.3 Å².